The van der Waals surface area contributed by atoms with Gasteiger partial charge in [0.25, 0.3) is 0 Å². The van der Waals surface area contributed by atoms with Crippen LogP contribution in [0.4, 0.5) is 0 Å². The van der Waals surface area contributed by atoms with E-state index in [2.05, 4.69) is 36.4 Å². The van der Waals surface area contributed by atoms with Gasteiger partial charge in [-0.2, -0.15) is 0 Å². The van der Waals surface area contributed by atoms with Gasteiger partial charge in [0.05, 0.1) is 10.7 Å². The molecule has 5 heteroatoms. The second kappa shape index (κ2) is 7.43. The first-order chi connectivity index (χ1) is 8.19. The molecule has 2 rings (SSSR count). The third kappa shape index (κ3) is 4.19. The largest absolute Gasteiger partial charge is 0.311 e. The minimum atomic E-state index is 0. The Hall–Kier alpha value is -0.160. The summed E-state index contributed by atoms with van der Waals surface area (Å²) in [5.41, 5.74) is 1.25. The van der Waals surface area contributed by atoms with Crippen LogP contribution in [0.1, 0.15) is 37.9 Å². The summed E-state index contributed by atoms with van der Waals surface area (Å²) >= 11 is 1.81. The lowest BCUT2D eigenvalue weighted by Gasteiger charge is -2.37. The zero-order valence-corrected chi connectivity index (χ0v) is 13.1. The summed E-state index contributed by atoms with van der Waals surface area (Å²) in [4.78, 5) is 7.24. The van der Waals surface area contributed by atoms with Crippen molar-refractivity contribution in [3.63, 3.8) is 0 Å². The molecule has 0 bridgehead atoms. The fourth-order valence-electron chi connectivity index (χ4n) is 2.28. The van der Waals surface area contributed by atoms with E-state index in [-0.39, 0.29) is 12.4 Å². The number of aryl methyl sites for hydroxylation is 1. The molecule has 2 heterocycles. The van der Waals surface area contributed by atoms with Crippen molar-refractivity contribution in [3.05, 3.63) is 16.1 Å². The van der Waals surface area contributed by atoms with E-state index in [9.17, 15) is 0 Å². The van der Waals surface area contributed by atoms with Gasteiger partial charge in [-0.25, -0.2) is 4.98 Å². The molecule has 0 spiro atoms. The highest BCUT2D eigenvalue weighted by atomic mass is 35.5. The fourth-order valence-corrected chi connectivity index (χ4v) is 3.17. The van der Waals surface area contributed by atoms with Gasteiger partial charge in [-0.05, 0) is 26.7 Å². The van der Waals surface area contributed by atoms with Crippen LogP contribution in [0, 0.1) is 0 Å². The average Bonchev–Trinajstić information content (AvgIpc) is 2.72. The van der Waals surface area contributed by atoms with E-state index in [1.807, 2.05) is 11.3 Å². The van der Waals surface area contributed by atoms with Crippen LogP contribution in [0.25, 0.3) is 0 Å². The number of thiazole rings is 1. The summed E-state index contributed by atoms with van der Waals surface area (Å²) in [6.07, 6.45) is 2.31. The van der Waals surface area contributed by atoms with E-state index in [1.165, 1.54) is 17.1 Å². The van der Waals surface area contributed by atoms with Crippen LogP contribution in [0.15, 0.2) is 5.38 Å². The zero-order valence-electron chi connectivity index (χ0n) is 11.5. The van der Waals surface area contributed by atoms with Gasteiger partial charge >= 0.3 is 0 Å². The first-order valence-corrected chi connectivity index (χ1v) is 7.47. The number of nitrogens with zero attached hydrogens (tertiary/aromatic N) is 2. The van der Waals surface area contributed by atoms with Crippen molar-refractivity contribution in [2.45, 2.75) is 52.2 Å². The normalized spacial score (nSPS) is 24.8. The van der Waals surface area contributed by atoms with Crippen LogP contribution in [0.2, 0.25) is 0 Å². The molecule has 2 atom stereocenters. The Kier molecular flexibility index (Phi) is 6.57. The summed E-state index contributed by atoms with van der Waals surface area (Å²) in [7, 11) is 0. The molecule has 0 saturated carbocycles. The second-order valence-corrected chi connectivity index (χ2v) is 6.01. The van der Waals surface area contributed by atoms with Crippen LogP contribution in [0.5, 0.6) is 0 Å². The molecule has 1 N–H and O–H groups in total. The van der Waals surface area contributed by atoms with E-state index in [4.69, 9.17) is 4.98 Å². The van der Waals surface area contributed by atoms with Crippen LogP contribution in [-0.2, 0) is 13.0 Å². The molecule has 0 aromatic carbocycles. The Bertz CT molecular complexity index is 356. The quantitative estimate of drug-likeness (QED) is 0.924. The van der Waals surface area contributed by atoms with Crippen molar-refractivity contribution >= 4 is 23.7 Å². The second-order valence-electron chi connectivity index (χ2n) is 5.07. The number of halogens is 1. The highest BCUT2D eigenvalue weighted by molar-refractivity contribution is 7.09. The summed E-state index contributed by atoms with van der Waals surface area (Å²) < 4.78 is 0. The first kappa shape index (κ1) is 15.9. The summed E-state index contributed by atoms with van der Waals surface area (Å²) in [6.45, 7) is 9.98. The van der Waals surface area contributed by atoms with Gasteiger partial charge in [-0.3, -0.25) is 4.90 Å². The average molecular weight is 290 g/mol. The predicted molar refractivity (Wildman–Crippen MR) is 80.7 cm³/mol. The molecule has 3 nitrogen and oxygen atoms in total. The minimum Gasteiger partial charge on any atom is -0.311 e. The van der Waals surface area contributed by atoms with Gasteiger partial charge in [0.1, 0.15) is 0 Å². The van der Waals surface area contributed by atoms with Gasteiger partial charge in [0, 0.05) is 37.1 Å². The Morgan fingerprint density at radius 1 is 1.50 bits per heavy atom. The maximum Gasteiger partial charge on any atom is 0.0928 e. The molecule has 0 amide bonds. The maximum atomic E-state index is 4.71. The highest BCUT2D eigenvalue weighted by Crippen LogP contribution is 2.16. The third-order valence-corrected chi connectivity index (χ3v) is 4.28. The van der Waals surface area contributed by atoms with E-state index in [0.29, 0.717) is 12.1 Å². The summed E-state index contributed by atoms with van der Waals surface area (Å²) in [6, 6.07) is 1.21. The Morgan fingerprint density at radius 2 is 2.28 bits per heavy atom. The van der Waals surface area contributed by atoms with Crippen molar-refractivity contribution in [1.82, 2.24) is 15.2 Å². The Morgan fingerprint density at radius 3 is 3.00 bits per heavy atom. The molecule has 104 valence electrons. The molecule has 0 aliphatic carbocycles. The van der Waals surface area contributed by atoms with Crippen LogP contribution >= 0.6 is 23.7 Å². The molecule has 1 aromatic heterocycles. The monoisotopic (exact) mass is 289 g/mol. The van der Waals surface area contributed by atoms with Crippen molar-refractivity contribution < 1.29 is 0 Å². The Labute approximate surface area is 120 Å². The number of nitrogens with one attached hydrogen (secondary N) is 1. The van der Waals surface area contributed by atoms with Crippen molar-refractivity contribution in [3.8, 4) is 0 Å². The van der Waals surface area contributed by atoms with Gasteiger partial charge in [0.2, 0.25) is 0 Å². The van der Waals surface area contributed by atoms with E-state index < -0.39 is 0 Å². The zero-order chi connectivity index (χ0) is 12.3. The predicted octanol–water partition coefficient (Wildman–Crippen LogP) is 2.70. The molecular formula is C13H24ClN3S. The molecule has 18 heavy (non-hydrogen) atoms. The smallest absolute Gasteiger partial charge is 0.0928 e. The van der Waals surface area contributed by atoms with Gasteiger partial charge in [-0.15, -0.1) is 23.7 Å². The standard InChI is InChI=1S/C13H23N3S.ClH/c1-4-5-13-15-12(9-17-13)8-16-7-10(2)14-6-11(16)3;/h9-11,14H,4-8H2,1-3H3;1H. The minimum absolute atomic E-state index is 0. The number of rotatable bonds is 4. The lowest BCUT2D eigenvalue weighted by atomic mass is 10.1. The van der Waals surface area contributed by atoms with E-state index >= 15 is 0 Å². The van der Waals surface area contributed by atoms with Crippen LogP contribution in [0.3, 0.4) is 0 Å². The number of aromatic nitrogens is 1. The van der Waals surface area contributed by atoms with Gasteiger partial charge in [-0.1, -0.05) is 6.92 Å². The molecule has 1 aromatic rings. The van der Waals surface area contributed by atoms with E-state index in [0.717, 1.165) is 26.1 Å². The molecule has 0 radical (unpaired) electrons. The first-order valence-electron chi connectivity index (χ1n) is 6.59. The number of hydrogen-bond acceptors (Lipinski definition) is 4. The van der Waals surface area contributed by atoms with Gasteiger partial charge in [0.15, 0.2) is 0 Å². The lowest BCUT2D eigenvalue weighted by Crippen LogP contribution is -2.53. The Balaban J connectivity index is 0.00000162. The number of piperazine rings is 1. The SMILES string of the molecule is CCCc1nc(CN2CC(C)NCC2C)cs1.Cl. The molecule has 2 unspecified atom stereocenters. The molecule has 1 fully saturated rings. The third-order valence-electron chi connectivity index (χ3n) is 3.32. The maximum absolute atomic E-state index is 4.71. The number of hydrogen-bond donors (Lipinski definition) is 1. The topological polar surface area (TPSA) is 28.2 Å². The van der Waals surface area contributed by atoms with Crippen molar-refractivity contribution in [1.29, 1.82) is 0 Å². The van der Waals surface area contributed by atoms with Crippen molar-refractivity contribution in [2.24, 2.45) is 0 Å². The lowest BCUT2D eigenvalue weighted by molar-refractivity contribution is 0.137. The van der Waals surface area contributed by atoms with Gasteiger partial charge < -0.3 is 5.32 Å². The molecule has 1 aliphatic rings. The summed E-state index contributed by atoms with van der Waals surface area (Å²) in [5.74, 6) is 0. The molecular weight excluding hydrogens is 266 g/mol. The summed E-state index contributed by atoms with van der Waals surface area (Å²) in [5, 5.41) is 7.03. The molecule has 1 aliphatic heterocycles. The van der Waals surface area contributed by atoms with Crippen LogP contribution in [-0.4, -0.2) is 35.1 Å². The molecule has 1 saturated heterocycles. The van der Waals surface area contributed by atoms with E-state index in [1.54, 1.807) is 0 Å². The van der Waals surface area contributed by atoms with Crippen LogP contribution < -0.4 is 5.32 Å². The fraction of sp³-hybridized carbons (Fsp3) is 0.769. The van der Waals surface area contributed by atoms with Crippen molar-refractivity contribution in [2.75, 3.05) is 13.1 Å². The highest BCUT2D eigenvalue weighted by Gasteiger charge is 2.22.